The van der Waals surface area contributed by atoms with Crippen LogP contribution in [0.3, 0.4) is 0 Å². The SMILES string of the molecule is C=C[Si](C)(OCCCCCCCCCCCCCCCCC)OCCC(C)C. The van der Waals surface area contributed by atoms with Crippen molar-refractivity contribution >= 4 is 8.56 Å². The Morgan fingerprint density at radius 3 is 1.46 bits per heavy atom. The molecule has 0 N–H and O–H groups in total. The second-order valence-electron chi connectivity index (χ2n) is 9.05. The zero-order chi connectivity index (χ0) is 20.9. The van der Waals surface area contributed by atoms with Crippen LogP contribution in [0.4, 0.5) is 0 Å². The maximum Gasteiger partial charge on any atom is 0.361 e. The van der Waals surface area contributed by atoms with Gasteiger partial charge < -0.3 is 8.85 Å². The lowest BCUT2D eigenvalue weighted by Crippen LogP contribution is -2.37. The van der Waals surface area contributed by atoms with Crippen molar-refractivity contribution in [3.05, 3.63) is 12.3 Å². The summed E-state index contributed by atoms with van der Waals surface area (Å²) < 4.78 is 12.1. The molecule has 168 valence electrons. The lowest BCUT2D eigenvalue weighted by Gasteiger charge is -2.24. The lowest BCUT2D eigenvalue weighted by atomic mass is 10.0. The zero-order valence-corrected chi connectivity index (χ0v) is 20.9. The zero-order valence-electron chi connectivity index (χ0n) is 19.9. The quantitative estimate of drug-likeness (QED) is 0.131. The van der Waals surface area contributed by atoms with Gasteiger partial charge in [-0.2, -0.15) is 0 Å². The topological polar surface area (TPSA) is 18.5 Å². The van der Waals surface area contributed by atoms with Crippen LogP contribution in [-0.4, -0.2) is 21.8 Å². The first kappa shape index (κ1) is 27.9. The van der Waals surface area contributed by atoms with E-state index in [2.05, 4.69) is 33.9 Å². The molecule has 0 aliphatic rings. The largest absolute Gasteiger partial charge is 0.391 e. The van der Waals surface area contributed by atoms with Gasteiger partial charge in [-0.3, -0.25) is 0 Å². The molecular weight excluding hydrogens is 360 g/mol. The lowest BCUT2D eigenvalue weighted by molar-refractivity contribution is 0.173. The highest BCUT2D eigenvalue weighted by Crippen LogP contribution is 2.15. The van der Waals surface area contributed by atoms with Crippen molar-refractivity contribution in [2.24, 2.45) is 5.92 Å². The molecule has 0 spiro atoms. The van der Waals surface area contributed by atoms with Gasteiger partial charge in [-0.05, 0) is 31.0 Å². The molecule has 0 aromatic carbocycles. The van der Waals surface area contributed by atoms with Gasteiger partial charge >= 0.3 is 8.56 Å². The molecule has 3 heteroatoms. The van der Waals surface area contributed by atoms with E-state index in [0.717, 1.165) is 26.1 Å². The molecule has 0 saturated carbocycles. The van der Waals surface area contributed by atoms with Gasteiger partial charge in [0.15, 0.2) is 0 Å². The monoisotopic (exact) mass is 412 g/mol. The van der Waals surface area contributed by atoms with Gasteiger partial charge in [0, 0.05) is 13.2 Å². The smallest absolute Gasteiger partial charge is 0.361 e. The van der Waals surface area contributed by atoms with Gasteiger partial charge in [0.2, 0.25) is 0 Å². The predicted octanol–water partition coefficient (Wildman–Crippen LogP) is 8.73. The number of rotatable bonds is 22. The molecule has 0 aliphatic carbocycles. The molecule has 0 radical (unpaired) electrons. The average Bonchev–Trinajstić information content (AvgIpc) is 2.67. The first-order valence-electron chi connectivity index (χ1n) is 12.5. The highest BCUT2D eigenvalue weighted by Gasteiger charge is 2.27. The van der Waals surface area contributed by atoms with Crippen LogP contribution in [0.2, 0.25) is 6.55 Å². The molecule has 0 rings (SSSR count). The van der Waals surface area contributed by atoms with Crippen LogP contribution >= 0.6 is 0 Å². The number of unbranched alkanes of at least 4 members (excludes halogenated alkanes) is 14. The molecule has 0 saturated heterocycles. The van der Waals surface area contributed by atoms with Crippen LogP contribution in [0.5, 0.6) is 0 Å². The summed E-state index contributed by atoms with van der Waals surface area (Å²) in [5.74, 6) is 0.679. The molecule has 1 unspecified atom stereocenters. The molecule has 2 nitrogen and oxygen atoms in total. The van der Waals surface area contributed by atoms with Gasteiger partial charge in [-0.25, -0.2) is 0 Å². The van der Waals surface area contributed by atoms with Crippen LogP contribution in [0.25, 0.3) is 0 Å². The van der Waals surface area contributed by atoms with Crippen LogP contribution in [0, 0.1) is 5.92 Å². The average molecular weight is 413 g/mol. The van der Waals surface area contributed by atoms with Gasteiger partial charge in [-0.1, -0.05) is 111 Å². The second-order valence-corrected chi connectivity index (χ2v) is 12.1. The third-order valence-corrected chi connectivity index (χ3v) is 7.89. The fraction of sp³-hybridized carbons (Fsp3) is 0.920. The Morgan fingerprint density at radius 2 is 1.07 bits per heavy atom. The first-order valence-corrected chi connectivity index (χ1v) is 14.8. The number of hydrogen-bond donors (Lipinski definition) is 0. The molecular formula is C25H52O2Si. The molecule has 0 aromatic heterocycles. The van der Waals surface area contributed by atoms with E-state index in [1.54, 1.807) is 0 Å². The summed E-state index contributed by atoms with van der Waals surface area (Å²) in [7, 11) is -2.13. The van der Waals surface area contributed by atoms with Crippen LogP contribution in [0.15, 0.2) is 12.3 Å². The Labute approximate surface area is 179 Å². The minimum atomic E-state index is -2.13. The highest BCUT2D eigenvalue weighted by molar-refractivity contribution is 6.71. The molecule has 0 amide bonds. The van der Waals surface area contributed by atoms with Crippen LogP contribution in [-0.2, 0) is 8.85 Å². The molecule has 0 aliphatic heterocycles. The van der Waals surface area contributed by atoms with E-state index in [0.29, 0.717) is 5.92 Å². The summed E-state index contributed by atoms with van der Waals surface area (Å²) in [6.45, 7) is 14.4. The van der Waals surface area contributed by atoms with Crippen molar-refractivity contribution in [2.75, 3.05) is 13.2 Å². The van der Waals surface area contributed by atoms with E-state index in [-0.39, 0.29) is 0 Å². The summed E-state index contributed by atoms with van der Waals surface area (Å²) in [6.07, 6.45) is 22.0. The van der Waals surface area contributed by atoms with Crippen molar-refractivity contribution in [1.82, 2.24) is 0 Å². The van der Waals surface area contributed by atoms with Crippen molar-refractivity contribution in [2.45, 2.75) is 130 Å². The minimum Gasteiger partial charge on any atom is -0.391 e. The van der Waals surface area contributed by atoms with Crippen molar-refractivity contribution < 1.29 is 8.85 Å². The Balaban J connectivity index is 3.35. The Kier molecular flexibility index (Phi) is 20.1. The normalized spacial score (nSPS) is 13.8. The maximum absolute atomic E-state index is 6.07. The minimum absolute atomic E-state index is 0.679. The van der Waals surface area contributed by atoms with Crippen LogP contribution in [0.1, 0.15) is 124 Å². The molecule has 0 aromatic rings. The van der Waals surface area contributed by atoms with Gasteiger partial charge in [0.1, 0.15) is 0 Å². The van der Waals surface area contributed by atoms with E-state index < -0.39 is 8.56 Å². The molecule has 0 bridgehead atoms. The highest BCUT2D eigenvalue weighted by atomic mass is 28.4. The third kappa shape index (κ3) is 19.2. The van der Waals surface area contributed by atoms with E-state index in [9.17, 15) is 0 Å². The van der Waals surface area contributed by atoms with Crippen LogP contribution < -0.4 is 0 Å². The van der Waals surface area contributed by atoms with Crippen molar-refractivity contribution in [3.8, 4) is 0 Å². The van der Waals surface area contributed by atoms with Crippen molar-refractivity contribution in [3.63, 3.8) is 0 Å². The fourth-order valence-electron chi connectivity index (χ4n) is 3.41. The van der Waals surface area contributed by atoms with Crippen molar-refractivity contribution in [1.29, 1.82) is 0 Å². The Morgan fingerprint density at radius 1 is 0.679 bits per heavy atom. The standard InChI is InChI=1S/C25H52O2Si/c1-6-8-9-10-11-12-13-14-15-16-17-18-19-20-21-23-26-28(5,7-2)27-24-22-25(3)4/h7,25H,2,6,8-24H2,1,3-5H3. The van der Waals surface area contributed by atoms with Gasteiger partial charge in [0.05, 0.1) is 0 Å². The first-order chi connectivity index (χ1) is 13.5. The molecule has 1 atom stereocenters. The van der Waals surface area contributed by atoms with Gasteiger partial charge in [0.25, 0.3) is 0 Å². The maximum atomic E-state index is 6.07. The van der Waals surface area contributed by atoms with E-state index in [1.165, 1.54) is 89.9 Å². The molecule has 0 fully saturated rings. The Bertz CT molecular complexity index is 333. The summed E-state index contributed by atoms with van der Waals surface area (Å²) in [5.41, 5.74) is 1.93. The van der Waals surface area contributed by atoms with E-state index in [1.807, 2.05) is 5.70 Å². The van der Waals surface area contributed by atoms with E-state index in [4.69, 9.17) is 8.85 Å². The van der Waals surface area contributed by atoms with E-state index >= 15 is 0 Å². The molecule has 0 heterocycles. The summed E-state index contributed by atoms with van der Waals surface area (Å²) in [5, 5.41) is 0. The van der Waals surface area contributed by atoms with Gasteiger partial charge in [-0.15, -0.1) is 6.58 Å². The summed E-state index contributed by atoms with van der Waals surface area (Å²) >= 11 is 0. The second kappa shape index (κ2) is 20.2. The molecule has 28 heavy (non-hydrogen) atoms. The Hall–Kier alpha value is -0.123. The summed E-state index contributed by atoms with van der Waals surface area (Å²) in [4.78, 5) is 0. The number of hydrogen-bond acceptors (Lipinski definition) is 2. The summed E-state index contributed by atoms with van der Waals surface area (Å²) in [6, 6.07) is 0. The predicted molar refractivity (Wildman–Crippen MR) is 128 cm³/mol. The fourth-order valence-corrected chi connectivity index (χ4v) is 4.80. The third-order valence-electron chi connectivity index (χ3n) is 5.59.